The van der Waals surface area contributed by atoms with E-state index in [1.165, 1.54) is 10.6 Å². The minimum Gasteiger partial charge on any atom is -0.494 e. The van der Waals surface area contributed by atoms with Crippen LogP contribution in [-0.2, 0) is 6.54 Å². The van der Waals surface area contributed by atoms with Crippen LogP contribution in [0.15, 0.2) is 41.2 Å². The largest absolute Gasteiger partial charge is 0.494 e. The van der Waals surface area contributed by atoms with Gasteiger partial charge in [0.2, 0.25) is 0 Å². The molecule has 3 rings (SSSR count). The molecule has 3 N–H and O–H groups in total. The third kappa shape index (κ3) is 2.53. The Morgan fingerprint density at radius 3 is 2.95 bits per heavy atom. The Labute approximate surface area is 121 Å². The lowest BCUT2D eigenvalue weighted by Crippen LogP contribution is -2.16. The normalized spacial score (nSPS) is 11.0. The van der Waals surface area contributed by atoms with Gasteiger partial charge < -0.3 is 10.5 Å². The lowest BCUT2D eigenvalue weighted by molar-refractivity contribution is 0.340. The summed E-state index contributed by atoms with van der Waals surface area (Å²) in [7, 11) is 0. The number of aromatic nitrogens is 3. The Kier molecular flexibility index (Phi) is 3.45. The fourth-order valence-electron chi connectivity index (χ4n) is 2.21. The Balaban J connectivity index is 2.11. The number of nitrogens with one attached hydrogen (secondary N) is 1. The molecule has 0 aliphatic heterocycles. The van der Waals surface area contributed by atoms with Gasteiger partial charge in [-0.2, -0.15) is 0 Å². The number of hydrogen-bond acceptors (Lipinski definition) is 4. The quantitative estimate of drug-likeness (QED) is 0.761. The predicted molar refractivity (Wildman–Crippen MR) is 80.3 cm³/mol. The first-order valence-corrected chi connectivity index (χ1v) is 6.76. The number of nitrogens with zero attached hydrogens (tertiary/aromatic N) is 2. The molecule has 0 saturated heterocycles. The second kappa shape index (κ2) is 5.41. The molecule has 0 aliphatic rings. The molecule has 6 nitrogen and oxygen atoms in total. The van der Waals surface area contributed by atoms with Crippen LogP contribution in [0, 0.1) is 0 Å². The molecule has 0 amide bonds. The molecule has 108 valence electrons. The van der Waals surface area contributed by atoms with Crippen molar-refractivity contribution in [2.45, 2.75) is 13.5 Å². The highest BCUT2D eigenvalue weighted by Gasteiger charge is 2.08. The van der Waals surface area contributed by atoms with Crippen molar-refractivity contribution in [3.8, 4) is 17.0 Å². The average Bonchev–Trinajstić information content (AvgIpc) is 2.92. The van der Waals surface area contributed by atoms with E-state index >= 15 is 0 Å². The topological polar surface area (TPSA) is 85.4 Å². The van der Waals surface area contributed by atoms with E-state index in [1.54, 1.807) is 0 Å². The maximum Gasteiger partial charge on any atom is 0.272 e. The number of rotatable bonds is 4. The third-order valence-electron chi connectivity index (χ3n) is 3.17. The van der Waals surface area contributed by atoms with Crippen LogP contribution >= 0.6 is 0 Å². The van der Waals surface area contributed by atoms with Crippen LogP contribution < -0.4 is 16.0 Å². The zero-order chi connectivity index (χ0) is 14.8. The lowest BCUT2D eigenvalue weighted by atomic mass is 10.1. The van der Waals surface area contributed by atoms with Gasteiger partial charge in [0.15, 0.2) is 5.65 Å². The fourth-order valence-corrected chi connectivity index (χ4v) is 2.21. The van der Waals surface area contributed by atoms with E-state index in [2.05, 4.69) is 10.1 Å². The van der Waals surface area contributed by atoms with E-state index in [4.69, 9.17) is 10.5 Å². The molecule has 2 heterocycles. The highest BCUT2D eigenvalue weighted by atomic mass is 16.5. The summed E-state index contributed by atoms with van der Waals surface area (Å²) < 4.78 is 6.89. The molecular weight excluding hydrogens is 268 g/mol. The van der Waals surface area contributed by atoms with Gasteiger partial charge in [-0.05, 0) is 19.1 Å². The van der Waals surface area contributed by atoms with Gasteiger partial charge >= 0.3 is 0 Å². The van der Waals surface area contributed by atoms with Crippen molar-refractivity contribution in [3.05, 3.63) is 52.4 Å². The molecular formula is C15H16N4O2. The standard InChI is InChI=1S/C15H16N4O2/c1-2-21-12-5-3-4-10(6-12)13-8-14-17-11(9-16)7-15(20)19(14)18-13/h3-8,18H,2,9,16H2,1H3. The number of H-pyrrole nitrogens is 1. The second-order valence-corrected chi connectivity index (χ2v) is 4.61. The fraction of sp³-hybridized carbons (Fsp3) is 0.200. The molecule has 0 unspecified atom stereocenters. The first-order valence-electron chi connectivity index (χ1n) is 6.76. The number of nitrogens with two attached hydrogens (primary N) is 1. The lowest BCUT2D eigenvalue weighted by Gasteiger charge is -2.04. The average molecular weight is 284 g/mol. The molecule has 3 aromatic rings. The highest BCUT2D eigenvalue weighted by Crippen LogP contribution is 2.23. The summed E-state index contributed by atoms with van der Waals surface area (Å²) in [5.41, 5.74) is 8.23. The van der Waals surface area contributed by atoms with Crippen LogP contribution in [0.3, 0.4) is 0 Å². The molecule has 0 spiro atoms. The van der Waals surface area contributed by atoms with Crippen LogP contribution in [0.5, 0.6) is 5.75 Å². The molecule has 0 radical (unpaired) electrons. The summed E-state index contributed by atoms with van der Waals surface area (Å²) >= 11 is 0. The molecule has 0 bridgehead atoms. The number of aromatic amines is 1. The second-order valence-electron chi connectivity index (χ2n) is 4.61. The van der Waals surface area contributed by atoms with E-state index < -0.39 is 0 Å². The molecule has 0 atom stereocenters. The number of ether oxygens (including phenoxy) is 1. The Bertz CT molecular complexity index is 835. The van der Waals surface area contributed by atoms with Gasteiger partial charge in [-0.3, -0.25) is 9.89 Å². The summed E-state index contributed by atoms with van der Waals surface area (Å²) in [5, 5.41) is 3.05. The van der Waals surface area contributed by atoms with Crippen LogP contribution in [0.2, 0.25) is 0 Å². The molecule has 6 heteroatoms. The van der Waals surface area contributed by atoms with Crippen LogP contribution in [-0.4, -0.2) is 21.2 Å². The molecule has 2 aromatic heterocycles. The monoisotopic (exact) mass is 284 g/mol. The van der Waals surface area contributed by atoms with Gasteiger partial charge in [0.1, 0.15) is 5.75 Å². The first-order chi connectivity index (χ1) is 10.2. The van der Waals surface area contributed by atoms with Crippen molar-refractivity contribution >= 4 is 5.65 Å². The van der Waals surface area contributed by atoms with Crippen LogP contribution in [0.25, 0.3) is 16.9 Å². The van der Waals surface area contributed by atoms with Gasteiger partial charge in [0.05, 0.1) is 18.0 Å². The maximum atomic E-state index is 12.0. The van der Waals surface area contributed by atoms with Crippen molar-refractivity contribution in [1.82, 2.24) is 14.6 Å². The predicted octanol–water partition coefficient (Wildman–Crippen LogP) is 1.55. The van der Waals surface area contributed by atoms with Gasteiger partial charge in [-0.15, -0.1) is 0 Å². The SMILES string of the molecule is CCOc1cccc(-c2cc3nc(CN)cc(=O)n3[nH]2)c1. The summed E-state index contributed by atoms with van der Waals surface area (Å²) in [6.45, 7) is 2.79. The van der Waals surface area contributed by atoms with Gasteiger partial charge in [0, 0.05) is 24.2 Å². The van der Waals surface area contributed by atoms with Crippen molar-refractivity contribution in [3.63, 3.8) is 0 Å². The molecule has 0 aliphatic carbocycles. The maximum absolute atomic E-state index is 12.0. The summed E-state index contributed by atoms with van der Waals surface area (Å²) in [4.78, 5) is 16.3. The van der Waals surface area contributed by atoms with Crippen molar-refractivity contribution in [2.75, 3.05) is 6.61 Å². The van der Waals surface area contributed by atoms with Crippen LogP contribution in [0.1, 0.15) is 12.6 Å². The molecule has 0 saturated carbocycles. The smallest absolute Gasteiger partial charge is 0.272 e. The highest BCUT2D eigenvalue weighted by molar-refractivity contribution is 5.65. The Hall–Kier alpha value is -2.60. The van der Waals surface area contributed by atoms with Crippen molar-refractivity contribution in [2.24, 2.45) is 5.73 Å². The summed E-state index contributed by atoms with van der Waals surface area (Å²) in [6.07, 6.45) is 0. The zero-order valence-corrected chi connectivity index (χ0v) is 11.7. The Morgan fingerprint density at radius 2 is 2.19 bits per heavy atom. The van der Waals surface area contributed by atoms with Crippen molar-refractivity contribution < 1.29 is 4.74 Å². The first kappa shape index (κ1) is 13.4. The van der Waals surface area contributed by atoms with Crippen LogP contribution in [0.4, 0.5) is 0 Å². The van der Waals surface area contributed by atoms with E-state index in [-0.39, 0.29) is 12.1 Å². The molecule has 0 fully saturated rings. The van der Waals surface area contributed by atoms with E-state index in [0.29, 0.717) is 17.9 Å². The minimum absolute atomic E-state index is 0.173. The van der Waals surface area contributed by atoms with E-state index in [1.807, 2.05) is 37.3 Å². The van der Waals surface area contributed by atoms with Gasteiger partial charge in [-0.1, -0.05) is 12.1 Å². The zero-order valence-electron chi connectivity index (χ0n) is 11.7. The molecule has 1 aromatic carbocycles. The van der Waals surface area contributed by atoms with Gasteiger partial charge in [0.25, 0.3) is 5.56 Å². The number of fused-ring (bicyclic) bond motifs is 1. The minimum atomic E-state index is -0.173. The third-order valence-corrected chi connectivity index (χ3v) is 3.17. The summed E-state index contributed by atoms with van der Waals surface area (Å²) in [6, 6.07) is 10.9. The Morgan fingerprint density at radius 1 is 1.33 bits per heavy atom. The van der Waals surface area contributed by atoms with Gasteiger partial charge in [-0.25, -0.2) is 9.50 Å². The summed E-state index contributed by atoms with van der Waals surface area (Å²) in [5.74, 6) is 0.789. The number of benzene rings is 1. The van der Waals surface area contributed by atoms with E-state index in [0.717, 1.165) is 17.0 Å². The number of hydrogen-bond donors (Lipinski definition) is 2. The van der Waals surface area contributed by atoms with Crippen molar-refractivity contribution in [1.29, 1.82) is 0 Å². The molecule has 21 heavy (non-hydrogen) atoms. The van der Waals surface area contributed by atoms with E-state index in [9.17, 15) is 4.79 Å².